The van der Waals surface area contributed by atoms with Gasteiger partial charge in [0.2, 0.25) is 5.95 Å². The van der Waals surface area contributed by atoms with Crippen LogP contribution in [-0.2, 0) is 0 Å². The van der Waals surface area contributed by atoms with Crippen molar-refractivity contribution in [2.45, 2.75) is 19.9 Å². The fourth-order valence-electron chi connectivity index (χ4n) is 2.14. The molecule has 0 saturated carbocycles. The minimum Gasteiger partial charge on any atom is -0.338 e. The number of hydrogen-bond acceptors (Lipinski definition) is 5. The highest BCUT2D eigenvalue weighted by molar-refractivity contribution is 5.29. The zero-order valence-electron chi connectivity index (χ0n) is 11.3. The lowest BCUT2D eigenvalue weighted by molar-refractivity contribution is 0.254. The van der Waals surface area contributed by atoms with Crippen LogP contribution >= 0.6 is 0 Å². The van der Waals surface area contributed by atoms with Crippen LogP contribution < -0.4 is 10.2 Å². The van der Waals surface area contributed by atoms with Crippen LogP contribution in [0.4, 0.5) is 5.95 Å². The Hall–Kier alpha value is -1.20. The standard InChI is InChI=1S/C13H23N5/c1-12(2)14-6-7-17-8-10-18(11-9-17)13-15-4-3-5-16-13/h3-5,12,14H,6-11H2,1-2H3. The highest BCUT2D eigenvalue weighted by Gasteiger charge is 2.17. The molecule has 18 heavy (non-hydrogen) atoms. The fraction of sp³-hybridized carbons (Fsp3) is 0.692. The molecule has 0 aromatic carbocycles. The molecule has 1 saturated heterocycles. The quantitative estimate of drug-likeness (QED) is 0.828. The number of anilines is 1. The van der Waals surface area contributed by atoms with Gasteiger partial charge in [0.15, 0.2) is 0 Å². The summed E-state index contributed by atoms with van der Waals surface area (Å²) in [5.74, 6) is 0.859. The average molecular weight is 249 g/mol. The summed E-state index contributed by atoms with van der Waals surface area (Å²) in [5.41, 5.74) is 0. The number of aromatic nitrogens is 2. The van der Waals surface area contributed by atoms with Crippen LogP contribution in [0.1, 0.15) is 13.8 Å². The van der Waals surface area contributed by atoms with Crippen molar-refractivity contribution in [2.75, 3.05) is 44.2 Å². The van der Waals surface area contributed by atoms with Gasteiger partial charge in [0.1, 0.15) is 0 Å². The second-order valence-electron chi connectivity index (χ2n) is 4.99. The van der Waals surface area contributed by atoms with E-state index in [0.717, 1.165) is 45.2 Å². The summed E-state index contributed by atoms with van der Waals surface area (Å²) in [7, 11) is 0. The van der Waals surface area contributed by atoms with Crippen molar-refractivity contribution in [3.05, 3.63) is 18.5 Å². The van der Waals surface area contributed by atoms with Crippen molar-refractivity contribution in [3.63, 3.8) is 0 Å². The van der Waals surface area contributed by atoms with Gasteiger partial charge in [0.25, 0.3) is 0 Å². The molecule has 0 radical (unpaired) electrons. The maximum absolute atomic E-state index is 4.30. The fourth-order valence-corrected chi connectivity index (χ4v) is 2.14. The molecule has 1 aromatic rings. The number of nitrogens with zero attached hydrogens (tertiary/aromatic N) is 4. The largest absolute Gasteiger partial charge is 0.338 e. The van der Waals surface area contributed by atoms with E-state index in [-0.39, 0.29) is 0 Å². The summed E-state index contributed by atoms with van der Waals surface area (Å²) in [5, 5.41) is 3.46. The van der Waals surface area contributed by atoms with E-state index in [0.29, 0.717) is 6.04 Å². The lowest BCUT2D eigenvalue weighted by atomic mass is 10.3. The Balaban J connectivity index is 1.71. The van der Waals surface area contributed by atoms with E-state index in [2.05, 4.69) is 38.9 Å². The molecule has 0 spiro atoms. The first-order valence-corrected chi connectivity index (χ1v) is 6.73. The van der Waals surface area contributed by atoms with Crippen molar-refractivity contribution >= 4 is 5.95 Å². The van der Waals surface area contributed by atoms with E-state index in [4.69, 9.17) is 0 Å². The number of nitrogens with one attached hydrogen (secondary N) is 1. The monoisotopic (exact) mass is 249 g/mol. The van der Waals surface area contributed by atoms with Crippen LogP contribution in [-0.4, -0.2) is 60.2 Å². The van der Waals surface area contributed by atoms with Gasteiger partial charge in [-0.25, -0.2) is 9.97 Å². The first-order chi connectivity index (χ1) is 8.75. The van der Waals surface area contributed by atoms with E-state index in [1.807, 2.05) is 6.07 Å². The van der Waals surface area contributed by atoms with Crippen LogP contribution in [0.15, 0.2) is 18.5 Å². The lowest BCUT2D eigenvalue weighted by Gasteiger charge is -2.34. The van der Waals surface area contributed by atoms with Crippen LogP contribution in [0.3, 0.4) is 0 Å². The third kappa shape index (κ3) is 3.92. The summed E-state index contributed by atoms with van der Waals surface area (Å²) in [6.45, 7) is 10.8. The predicted octanol–water partition coefficient (Wildman–Crippen LogP) is 0.597. The first-order valence-electron chi connectivity index (χ1n) is 6.73. The molecule has 5 heteroatoms. The Bertz CT molecular complexity index is 332. The molecule has 0 aliphatic carbocycles. The Morgan fingerprint density at radius 3 is 2.44 bits per heavy atom. The Morgan fingerprint density at radius 2 is 1.83 bits per heavy atom. The number of rotatable bonds is 5. The summed E-state index contributed by atoms with van der Waals surface area (Å²) in [6, 6.07) is 2.43. The third-order valence-corrected chi connectivity index (χ3v) is 3.19. The Morgan fingerprint density at radius 1 is 1.17 bits per heavy atom. The van der Waals surface area contributed by atoms with Crippen LogP contribution in [0.25, 0.3) is 0 Å². The molecule has 2 heterocycles. The Labute approximate surface area is 109 Å². The van der Waals surface area contributed by atoms with Gasteiger partial charge in [-0.3, -0.25) is 4.90 Å². The van der Waals surface area contributed by atoms with Gasteiger partial charge in [0.05, 0.1) is 0 Å². The van der Waals surface area contributed by atoms with Crippen LogP contribution in [0, 0.1) is 0 Å². The van der Waals surface area contributed by atoms with Crippen molar-refractivity contribution in [3.8, 4) is 0 Å². The van der Waals surface area contributed by atoms with Crippen molar-refractivity contribution in [1.29, 1.82) is 0 Å². The molecule has 2 rings (SSSR count). The number of hydrogen-bond donors (Lipinski definition) is 1. The molecular weight excluding hydrogens is 226 g/mol. The molecule has 1 fully saturated rings. The SMILES string of the molecule is CC(C)NCCN1CCN(c2ncccn2)CC1. The molecular formula is C13H23N5. The van der Waals surface area contributed by atoms with Gasteiger partial charge in [0, 0.05) is 57.7 Å². The molecule has 1 N–H and O–H groups in total. The van der Waals surface area contributed by atoms with Crippen LogP contribution in [0.2, 0.25) is 0 Å². The highest BCUT2D eigenvalue weighted by Crippen LogP contribution is 2.08. The molecule has 0 unspecified atom stereocenters. The normalized spacial score (nSPS) is 17.4. The summed E-state index contributed by atoms with van der Waals surface area (Å²) in [6.07, 6.45) is 3.61. The molecule has 100 valence electrons. The minimum absolute atomic E-state index is 0.573. The molecule has 5 nitrogen and oxygen atoms in total. The molecule has 0 atom stereocenters. The summed E-state index contributed by atoms with van der Waals surface area (Å²) >= 11 is 0. The molecule has 1 aliphatic heterocycles. The zero-order chi connectivity index (χ0) is 12.8. The van der Waals surface area contributed by atoms with Gasteiger partial charge in [-0.2, -0.15) is 0 Å². The average Bonchev–Trinajstić information content (AvgIpc) is 2.40. The van der Waals surface area contributed by atoms with Crippen LogP contribution in [0.5, 0.6) is 0 Å². The zero-order valence-corrected chi connectivity index (χ0v) is 11.3. The van der Waals surface area contributed by atoms with Gasteiger partial charge < -0.3 is 10.2 Å². The predicted molar refractivity (Wildman–Crippen MR) is 73.8 cm³/mol. The van der Waals surface area contributed by atoms with Gasteiger partial charge in [-0.1, -0.05) is 13.8 Å². The van der Waals surface area contributed by atoms with E-state index in [9.17, 15) is 0 Å². The number of piperazine rings is 1. The second kappa shape index (κ2) is 6.66. The minimum atomic E-state index is 0.573. The molecule has 1 aromatic heterocycles. The van der Waals surface area contributed by atoms with Gasteiger partial charge in [-0.15, -0.1) is 0 Å². The van der Waals surface area contributed by atoms with E-state index < -0.39 is 0 Å². The maximum Gasteiger partial charge on any atom is 0.225 e. The van der Waals surface area contributed by atoms with E-state index >= 15 is 0 Å². The van der Waals surface area contributed by atoms with Gasteiger partial charge in [-0.05, 0) is 6.07 Å². The highest BCUT2D eigenvalue weighted by atomic mass is 15.3. The lowest BCUT2D eigenvalue weighted by Crippen LogP contribution is -2.49. The topological polar surface area (TPSA) is 44.3 Å². The maximum atomic E-state index is 4.30. The molecule has 0 amide bonds. The summed E-state index contributed by atoms with van der Waals surface area (Å²) < 4.78 is 0. The van der Waals surface area contributed by atoms with E-state index in [1.54, 1.807) is 12.4 Å². The third-order valence-electron chi connectivity index (χ3n) is 3.19. The van der Waals surface area contributed by atoms with Crippen molar-refractivity contribution in [1.82, 2.24) is 20.2 Å². The summed E-state index contributed by atoms with van der Waals surface area (Å²) in [4.78, 5) is 13.3. The van der Waals surface area contributed by atoms with E-state index in [1.165, 1.54) is 0 Å². The van der Waals surface area contributed by atoms with Crippen molar-refractivity contribution < 1.29 is 0 Å². The smallest absolute Gasteiger partial charge is 0.225 e. The molecule has 0 bridgehead atoms. The molecule has 1 aliphatic rings. The Kier molecular flexibility index (Phi) is 4.90. The van der Waals surface area contributed by atoms with Crippen molar-refractivity contribution in [2.24, 2.45) is 0 Å². The van der Waals surface area contributed by atoms with Gasteiger partial charge >= 0.3 is 0 Å². The first kappa shape index (κ1) is 13.2. The second-order valence-corrected chi connectivity index (χ2v) is 4.99.